The molecule has 0 aliphatic carbocycles. The van der Waals surface area contributed by atoms with Gasteiger partial charge in [-0.25, -0.2) is 9.37 Å². The smallest absolute Gasteiger partial charge is 0.248 e. The predicted octanol–water partition coefficient (Wildman–Crippen LogP) is 5.38. The van der Waals surface area contributed by atoms with E-state index in [1.807, 2.05) is 37.3 Å². The van der Waals surface area contributed by atoms with Crippen molar-refractivity contribution in [2.75, 3.05) is 25.1 Å². The molecule has 1 amide bonds. The first-order valence-corrected chi connectivity index (χ1v) is 11.6. The molecule has 4 aromatic rings. The van der Waals surface area contributed by atoms with E-state index in [4.69, 9.17) is 14.3 Å². The fraction of sp³-hybridized carbons (Fsp3) is 0.179. The van der Waals surface area contributed by atoms with Crippen LogP contribution in [0.25, 0.3) is 16.8 Å². The fourth-order valence-electron chi connectivity index (χ4n) is 4.19. The normalized spacial score (nSPS) is 12.9. The van der Waals surface area contributed by atoms with E-state index in [1.165, 1.54) is 17.0 Å². The zero-order valence-electron chi connectivity index (χ0n) is 20.3. The molecule has 182 valence electrons. The number of hydrazone groups is 1. The largest absolute Gasteiger partial charge is 0.494 e. The number of halogens is 1. The standard InChI is InChI=1S/C28H25FN4O3/c1-5-35-22-10-11-23-24(15-22)17(2)33(31-28(23)19-7-6-8-20(29)13-19)16-27(34)32(4)21-9-12-25-26(14-21)36-18(3)30-25/h6-15H,2,5,16H2,1,3-4H3. The lowest BCUT2D eigenvalue weighted by atomic mass is 9.94. The van der Waals surface area contributed by atoms with Crippen LogP contribution in [0.15, 0.2) is 76.8 Å². The average Bonchev–Trinajstić information content (AvgIpc) is 3.24. The number of hydrogen-bond acceptors (Lipinski definition) is 6. The first kappa shape index (κ1) is 23.3. The lowest BCUT2D eigenvalue weighted by Gasteiger charge is -2.30. The number of oxazole rings is 1. The Morgan fingerprint density at radius 3 is 2.75 bits per heavy atom. The minimum absolute atomic E-state index is 0.0695. The maximum atomic E-state index is 14.1. The van der Waals surface area contributed by atoms with Crippen molar-refractivity contribution in [3.63, 3.8) is 0 Å². The highest BCUT2D eigenvalue weighted by atomic mass is 19.1. The molecule has 2 heterocycles. The van der Waals surface area contributed by atoms with Crippen LogP contribution < -0.4 is 9.64 Å². The SMILES string of the molecule is C=C1c2cc(OCC)ccc2C(c2cccc(F)c2)=NN1CC(=O)N(C)c1ccc2nc(C)oc2c1. The van der Waals surface area contributed by atoms with E-state index in [0.29, 0.717) is 46.5 Å². The summed E-state index contributed by atoms with van der Waals surface area (Å²) in [6.07, 6.45) is 0. The number of ether oxygens (including phenoxy) is 1. The molecular formula is C28H25FN4O3. The summed E-state index contributed by atoms with van der Waals surface area (Å²) in [5.74, 6) is 0.660. The Morgan fingerprint density at radius 1 is 1.14 bits per heavy atom. The lowest BCUT2D eigenvalue weighted by Crippen LogP contribution is -2.37. The molecule has 8 heteroatoms. The molecule has 1 aromatic heterocycles. The molecule has 7 nitrogen and oxygen atoms in total. The molecule has 0 fully saturated rings. The van der Waals surface area contributed by atoms with E-state index in [2.05, 4.69) is 11.6 Å². The summed E-state index contributed by atoms with van der Waals surface area (Å²) in [4.78, 5) is 19.2. The molecule has 0 N–H and O–H groups in total. The number of amides is 1. The quantitative estimate of drug-likeness (QED) is 0.368. The number of nitrogens with zero attached hydrogens (tertiary/aromatic N) is 4. The van der Waals surface area contributed by atoms with Gasteiger partial charge in [-0.15, -0.1) is 0 Å². The Morgan fingerprint density at radius 2 is 1.97 bits per heavy atom. The van der Waals surface area contributed by atoms with Gasteiger partial charge in [0.2, 0.25) is 5.91 Å². The van der Waals surface area contributed by atoms with Gasteiger partial charge in [-0.2, -0.15) is 5.10 Å². The van der Waals surface area contributed by atoms with Gasteiger partial charge in [-0.3, -0.25) is 9.80 Å². The topological polar surface area (TPSA) is 71.2 Å². The molecule has 0 unspecified atom stereocenters. The second-order valence-electron chi connectivity index (χ2n) is 8.44. The first-order valence-electron chi connectivity index (χ1n) is 11.6. The zero-order valence-corrected chi connectivity index (χ0v) is 20.3. The number of rotatable bonds is 6. The van der Waals surface area contributed by atoms with Crippen LogP contribution in [0, 0.1) is 12.7 Å². The molecule has 0 bridgehead atoms. The molecule has 0 saturated carbocycles. The van der Waals surface area contributed by atoms with Crippen molar-refractivity contribution in [3.05, 3.63) is 95.6 Å². The van der Waals surface area contributed by atoms with Crippen molar-refractivity contribution in [1.82, 2.24) is 9.99 Å². The Labute approximate surface area is 208 Å². The van der Waals surface area contributed by atoms with Gasteiger partial charge in [0.1, 0.15) is 23.6 Å². The summed E-state index contributed by atoms with van der Waals surface area (Å²) < 4.78 is 25.4. The second-order valence-corrected chi connectivity index (χ2v) is 8.44. The highest BCUT2D eigenvalue weighted by Gasteiger charge is 2.27. The molecule has 3 aromatic carbocycles. The van der Waals surface area contributed by atoms with E-state index < -0.39 is 0 Å². The van der Waals surface area contributed by atoms with Crippen molar-refractivity contribution in [1.29, 1.82) is 0 Å². The Balaban J connectivity index is 1.49. The summed E-state index contributed by atoms with van der Waals surface area (Å²) in [7, 11) is 1.69. The molecule has 36 heavy (non-hydrogen) atoms. The van der Waals surface area contributed by atoms with Gasteiger partial charge in [-0.05, 0) is 49.4 Å². The minimum atomic E-state index is -0.368. The highest BCUT2D eigenvalue weighted by molar-refractivity contribution is 6.16. The van der Waals surface area contributed by atoms with Crippen molar-refractivity contribution in [3.8, 4) is 5.75 Å². The van der Waals surface area contributed by atoms with Crippen molar-refractivity contribution < 1.29 is 18.3 Å². The van der Waals surface area contributed by atoms with Crippen LogP contribution in [0.3, 0.4) is 0 Å². The monoisotopic (exact) mass is 484 g/mol. The number of anilines is 1. The van der Waals surface area contributed by atoms with E-state index in [9.17, 15) is 9.18 Å². The molecular weight excluding hydrogens is 459 g/mol. The predicted molar refractivity (Wildman–Crippen MR) is 138 cm³/mol. The van der Waals surface area contributed by atoms with Gasteiger partial charge in [0.05, 0.1) is 18.0 Å². The number of carbonyl (C=O) groups is 1. The summed E-state index contributed by atoms with van der Waals surface area (Å²) >= 11 is 0. The van der Waals surface area contributed by atoms with Crippen LogP contribution in [-0.2, 0) is 4.79 Å². The molecule has 0 radical (unpaired) electrons. The third-order valence-electron chi connectivity index (χ3n) is 6.02. The van der Waals surface area contributed by atoms with Crippen LogP contribution in [0.4, 0.5) is 10.1 Å². The van der Waals surface area contributed by atoms with Crippen LogP contribution in [0.2, 0.25) is 0 Å². The van der Waals surface area contributed by atoms with Crippen molar-refractivity contribution in [2.24, 2.45) is 5.10 Å². The zero-order chi connectivity index (χ0) is 25.4. The van der Waals surface area contributed by atoms with E-state index in [-0.39, 0.29) is 18.3 Å². The molecule has 1 aliphatic heterocycles. The van der Waals surface area contributed by atoms with Crippen LogP contribution in [-0.4, -0.2) is 41.8 Å². The number of hydrogen-bond donors (Lipinski definition) is 0. The van der Waals surface area contributed by atoms with E-state index in [1.54, 1.807) is 37.2 Å². The number of benzene rings is 3. The maximum Gasteiger partial charge on any atom is 0.248 e. The third kappa shape index (κ3) is 4.33. The van der Waals surface area contributed by atoms with Crippen LogP contribution in [0.1, 0.15) is 29.5 Å². The number of likely N-dealkylation sites (N-methyl/N-ethyl adjacent to an activating group) is 1. The Kier molecular flexibility index (Phi) is 6.01. The number of fused-ring (bicyclic) bond motifs is 2. The average molecular weight is 485 g/mol. The fourth-order valence-corrected chi connectivity index (χ4v) is 4.19. The van der Waals surface area contributed by atoms with Gasteiger partial charge < -0.3 is 14.1 Å². The number of aromatic nitrogens is 1. The maximum absolute atomic E-state index is 14.1. The van der Waals surface area contributed by atoms with E-state index >= 15 is 0 Å². The Hall–Kier alpha value is -4.46. The van der Waals surface area contributed by atoms with Gasteiger partial charge in [0.25, 0.3) is 0 Å². The van der Waals surface area contributed by atoms with Crippen molar-refractivity contribution >= 4 is 34.1 Å². The summed E-state index contributed by atoms with van der Waals surface area (Å²) in [6, 6.07) is 17.2. The second kappa shape index (κ2) is 9.30. The molecule has 0 spiro atoms. The van der Waals surface area contributed by atoms with Gasteiger partial charge in [0.15, 0.2) is 11.5 Å². The van der Waals surface area contributed by atoms with Gasteiger partial charge in [0, 0.05) is 42.4 Å². The van der Waals surface area contributed by atoms with Gasteiger partial charge in [-0.1, -0.05) is 18.7 Å². The van der Waals surface area contributed by atoms with E-state index in [0.717, 1.165) is 16.6 Å². The summed E-state index contributed by atoms with van der Waals surface area (Å²) in [6.45, 7) is 8.34. The lowest BCUT2D eigenvalue weighted by molar-refractivity contribution is -0.118. The molecule has 0 atom stereocenters. The van der Waals surface area contributed by atoms with Crippen LogP contribution in [0.5, 0.6) is 5.75 Å². The molecule has 0 saturated heterocycles. The van der Waals surface area contributed by atoms with Gasteiger partial charge >= 0.3 is 0 Å². The Bertz CT molecular complexity index is 1520. The van der Waals surface area contributed by atoms with Crippen LogP contribution >= 0.6 is 0 Å². The first-order chi connectivity index (χ1) is 17.3. The summed E-state index contributed by atoms with van der Waals surface area (Å²) in [5, 5.41) is 6.28. The van der Waals surface area contributed by atoms with Crippen molar-refractivity contribution in [2.45, 2.75) is 13.8 Å². The minimum Gasteiger partial charge on any atom is -0.494 e. The molecule has 1 aliphatic rings. The number of aryl methyl sites for hydroxylation is 1. The molecule has 5 rings (SSSR count). The number of carbonyl (C=O) groups excluding carboxylic acids is 1. The third-order valence-corrected chi connectivity index (χ3v) is 6.02. The highest BCUT2D eigenvalue weighted by Crippen LogP contribution is 2.33. The summed E-state index contributed by atoms with van der Waals surface area (Å²) in [5.41, 5.74) is 5.26.